The number of hydrogen-bond donors (Lipinski definition) is 0. The van der Waals surface area contributed by atoms with Crippen LogP contribution in [0.15, 0.2) is 22.7 Å². The predicted octanol–water partition coefficient (Wildman–Crippen LogP) is 4.04. The van der Waals surface area contributed by atoms with E-state index in [1.807, 2.05) is 30.4 Å². The Morgan fingerprint density at radius 3 is 2.54 bits per heavy atom. The Morgan fingerprint density at radius 2 is 1.96 bits per heavy atom. The molecule has 28 heavy (non-hydrogen) atoms. The van der Waals surface area contributed by atoms with Crippen LogP contribution in [0.1, 0.15) is 23.9 Å². The molecule has 1 unspecified atom stereocenters. The molecule has 152 valence electrons. The number of aromatic nitrogens is 2. The first-order valence-corrected chi connectivity index (χ1v) is 10.6. The van der Waals surface area contributed by atoms with Crippen molar-refractivity contribution in [2.75, 3.05) is 26.2 Å². The molecule has 0 aliphatic carbocycles. The van der Waals surface area contributed by atoms with Crippen LogP contribution in [-0.2, 0) is 17.9 Å². The van der Waals surface area contributed by atoms with Gasteiger partial charge in [-0.05, 0) is 41.9 Å². The van der Waals surface area contributed by atoms with Gasteiger partial charge in [-0.2, -0.15) is 5.10 Å². The molecule has 0 N–H and O–H groups in total. The van der Waals surface area contributed by atoms with E-state index in [0.717, 1.165) is 15.9 Å². The third-order valence-corrected chi connectivity index (χ3v) is 6.79. The smallest absolute Gasteiger partial charge is 0.227 e. The van der Waals surface area contributed by atoms with Crippen LogP contribution in [0.4, 0.5) is 4.39 Å². The second kappa shape index (κ2) is 8.93. The molecule has 1 fully saturated rings. The second-order valence-corrected chi connectivity index (χ2v) is 8.57. The van der Waals surface area contributed by atoms with Gasteiger partial charge in [0.25, 0.3) is 0 Å². The number of amides is 1. The number of halogens is 3. The number of hydrogen-bond acceptors (Lipinski definition) is 3. The van der Waals surface area contributed by atoms with Crippen LogP contribution in [0.3, 0.4) is 0 Å². The van der Waals surface area contributed by atoms with Crippen molar-refractivity contribution in [2.45, 2.75) is 33.9 Å². The average Bonchev–Trinajstić information content (AvgIpc) is 2.91. The normalized spacial score (nSPS) is 16.4. The minimum atomic E-state index is -0.282. The van der Waals surface area contributed by atoms with Crippen LogP contribution in [0.2, 0.25) is 5.02 Å². The largest absolute Gasteiger partial charge is 0.340 e. The van der Waals surface area contributed by atoms with Gasteiger partial charge in [0.1, 0.15) is 5.82 Å². The summed E-state index contributed by atoms with van der Waals surface area (Å²) in [5.74, 6) is -0.305. The van der Waals surface area contributed by atoms with Gasteiger partial charge in [-0.1, -0.05) is 24.6 Å². The van der Waals surface area contributed by atoms with Crippen LogP contribution >= 0.6 is 27.5 Å². The SMILES string of the molecule is Cc1nn(CC(C)C(=O)N2CCN(Cc3c(F)cccc3Cl)CC2)c(C)c1Br. The van der Waals surface area contributed by atoms with E-state index < -0.39 is 0 Å². The predicted molar refractivity (Wildman–Crippen MR) is 112 cm³/mol. The van der Waals surface area contributed by atoms with E-state index in [4.69, 9.17) is 11.6 Å². The number of carbonyl (C=O) groups excluding carboxylic acids is 1. The fraction of sp³-hybridized carbons (Fsp3) is 0.500. The molecule has 0 saturated carbocycles. The van der Waals surface area contributed by atoms with Gasteiger partial charge in [-0.25, -0.2) is 4.39 Å². The molecule has 1 aromatic carbocycles. The average molecular weight is 472 g/mol. The molecule has 5 nitrogen and oxygen atoms in total. The number of piperazine rings is 1. The Bertz CT molecular complexity index is 844. The summed E-state index contributed by atoms with van der Waals surface area (Å²) < 4.78 is 16.9. The standard InChI is InChI=1S/C20H25BrClFN4O/c1-13(11-27-15(3)19(21)14(2)24-27)20(28)26-9-7-25(8-10-26)12-16-17(22)5-4-6-18(16)23/h4-6,13H,7-12H2,1-3H3. The molecular weight excluding hydrogens is 447 g/mol. The summed E-state index contributed by atoms with van der Waals surface area (Å²) in [7, 11) is 0. The summed E-state index contributed by atoms with van der Waals surface area (Å²) in [6, 6.07) is 4.75. The minimum Gasteiger partial charge on any atom is -0.340 e. The lowest BCUT2D eigenvalue weighted by Crippen LogP contribution is -2.50. The number of benzene rings is 1. The van der Waals surface area contributed by atoms with E-state index in [1.165, 1.54) is 6.07 Å². The van der Waals surface area contributed by atoms with Crippen molar-refractivity contribution in [1.29, 1.82) is 0 Å². The van der Waals surface area contributed by atoms with Crippen LogP contribution in [0.5, 0.6) is 0 Å². The first-order chi connectivity index (χ1) is 13.3. The van der Waals surface area contributed by atoms with E-state index in [1.54, 1.807) is 12.1 Å². The van der Waals surface area contributed by atoms with Crippen molar-refractivity contribution in [3.05, 3.63) is 50.5 Å². The van der Waals surface area contributed by atoms with Gasteiger partial charge in [0.2, 0.25) is 5.91 Å². The molecule has 1 atom stereocenters. The lowest BCUT2D eigenvalue weighted by atomic mass is 10.1. The van der Waals surface area contributed by atoms with Crippen molar-refractivity contribution in [3.63, 3.8) is 0 Å². The van der Waals surface area contributed by atoms with Crippen molar-refractivity contribution in [2.24, 2.45) is 5.92 Å². The van der Waals surface area contributed by atoms with Gasteiger partial charge >= 0.3 is 0 Å². The van der Waals surface area contributed by atoms with E-state index in [-0.39, 0.29) is 17.6 Å². The zero-order chi connectivity index (χ0) is 20.4. The van der Waals surface area contributed by atoms with Crippen LogP contribution in [0.25, 0.3) is 0 Å². The van der Waals surface area contributed by atoms with E-state index in [0.29, 0.717) is 49.9 Å². The zero-order valence-electron chi connectivity index (χ0n) is 16.4. The minimum absolute atomic E-state index is 0.132. The first kappa shape index (κ1) is 21.3. The molecule has 8 heteroatoms. The maximum Gasteiger partial charge on any atom is 0.227 e. The summed E-state index contributed by atoms with van der Waals surface area (Å²) in [5.41, 5.74) is 2.48. The fourth-order valence-electron chi connectivity index (χ4n) is 3.54. The van der Waals surface area contributed by atoms with Crippen LogP contribution < -0.4 is 0 Å². The summed E-state index contributed by atoms with van der Waals surface area (Å²) in [5, 5.41) is 4.94. The highest BCUT2D eigenvalue weighted by Crippen LogP contribution is 2.23. The lowest BCUT2D eigenvalue weighted by Gasteiger charge is -2.36. The van der Waals surface area contributed by atoms with Gasteiger partial charge in [0.15, 0.2) is 0 Å². The Morgan fingerprint density at radius 1 is 1.29 bits per heavy atom. The summed E-state index contributed by atoms with van der Waals surface area (Å²) in [6.45, 7) is 9.58. The van der Waals surface area contributed by atoms with E-state index in [9.17, 15) is 9.18 Å². The van der Waals surface area contributed by atoms with Gasteiger partial charge in [0.05, 0.1) is 22.6 Å². The Hall–Kier alpha value is -1.44. The summed E-state index contributed by atoms with van der Waals surface area (Å²) in [6.07, 6.45) is 0. The Kier molecular flexibility index (Phi) is 6.78. The highest BCUT2D eigenvalue weighted by molar-refractivity contribution is 9.10. The Labute approximate surface area is 178 Å². The number of nitrogens with zero attached hydrogens (tertiary/aromatic N) is 4. The number of carbonyl (C=O) groups is 1. The molecule has 1 aliphatic rings. The number of aryl methyl sites for hydroxylation is 1. The zero-order valence-corrected chi connectivity index (χ0v) is 18.7. The molecule has 1 aromatic heterocycles. The topological polar surface area (TPSA) is 41.4 Å². The van der Waals surface area contributed by atoms with Crippen molar-refractivity contribution in [3.8, 4) is 0 Å². The highest BCUT2D eigenvalue weighted by atomic mass is 79.9. The first-order valence-electron chi connectivity index (χ1n) is 9.41. The number of rotatable bonds is 5. The molecule has 2 heterocycles. The summed E-state index contributed by atoms with van der Waals surface area (Å²) >= 11 is 9.66. The van der Waals surface area contributed by atoms with Crippen LogP contribution in [-0.4, -0.2) is 51.7 Å². The molecular formula is C20H25BrClFN4O. The summed E-state index contributed by atoms with van der Waals surface area (Å²) in [4.78, 5) is 16.9. The second-order valence-electron chi connectivity index (χ2n) is 7.37. The third kappa shape index (κ3) is 4.58. The molecule has 0 radical (unpaired) electrons. The van der Waals surface area contributed by atoms with E-state index in [2.05, 4.69) is 25.9 Å². The Balaban J connectivity index is 1.55. The molecule has 1 amide bonds. The molecule has 3 rings (SSSR count). The molecule has 1 saturated heterocycles. The highest BCUT2D eigenvalue weighted by Gasteiger charge is 2.26. The molecule has 2 aromatic rings. The van der Waals surface area contributed by atoms with Crippen molar-refractivity contribution in [1.82, 2.24) is 19.6 Å². The van der Waals surface area contributed by atoms with Gasteiger partial charge in [0, 0.05) is 49.0 Å². The van der Waals surface area contributed by atoms with Crippen molar-refractivity contribution >= 4 is 33.4 Å². The maximum atomic E-state index is 14.0. The van der Waals surface area contributed by atoms with Gasteiger partial charge in [-0.15, -0.1) is 0 Å². The maximum absolute atomic E-state index is 14.0. The molecule has 1 aliphatic heterocycles. The monoisotopic (exact) mass is 470 g/mol. The third-order valence-electron chi connectivity index (χ3n) is 5.29. The quantitative estimate of drug-likeness (QED) is 0.661. The fourth-order valence-corrected chi connectivity index (χ4v) is 4.04. The van der Waals surface area contributed by atoms with Crippen LogP contribution in [0, 0.1) is 25.6 Å². The van der Waals surface area contributed by atoms with Gasteiger partial charge in [-0.3, -0.25) is 14.4 Å². The molecule has 0 spiro atoms. The molecule has 0 bridgehead atoms. The van der Waals surface area contributed by atoms with Gasteiger partial charge < -0.3 is 4.90 Å². The lowest BCUT2D eigenvalue weighted by molar-refractivity contribution is -0.137. The van der Waals surface area contributed by atoms with E-state index >= 15 is 0 Å². The van der Waals surface area contributed by atoms with Crippen molar-refractivity contribution < 1.29 is 9.18 Å².